The van der Waals surface area contributed by atoms with E-state index in [-0.39, 0.29) is 30.5 Å². The summed E-state index contributed by atoms with van der Waals surface area (Å²) in [5.41, 5.74) is 0. The lowest BCUT2D eigenvalue weighted by Gasteiger charge is -2.30. The lowest BCUT2D eigenvalue weighted by atomic mass is 10.2. The van der Waals surface area contributed by atoms with Crippen LogP contribution in [0.25, 0.3) is 0 Å². The second-order valence-electron chi connectivity index (χ2n) is 4.28. The van der Waals surface area contributed by atoms with E-state index in [0.717, 1.165) is 0 Å². The summed E-state index contributed by atoms with van der Waals surface area (Å²) < 4.78 is 4.91. The molecule has 0 rings (SSSR count). The molecule has 0 saturated carbocycles. The molecule has 0 aliphatic rings. The Morgan fingerprint density at radius 1 is 1.39 bits per heavy atom. The third-order valence-electron chi connectivity index (χ3n) is 2.58. The van der Waals surface area contributed by atoms with Crippen molar-refractivity contribution in [2.75, 3.05) is 19.7 Å². The average Bonchev–Trinajstić information content (AvgIpc) is 2.32. The first-order chi connectivity index (χ1) is 8.43. The molecule has 0 spiro atoms. The molecule has 1 atom stereocenters. The van der Waals surface area contributed by atoms with Crippen molar-refractivity contribution in [2.24, 2.45) is 0 Å². The fraction of sp³-hybridized carbons (Fsp3) is 0.692. The van der Waals surface area contributed by atoms with Crippen LogP contribution in [0.3, 0.4) is 0 Å². The van der Waals surface area contributed by atoms with Gasteiger partial charge in [-0.25, -0.2) is 0 Å². The third kappa shape index (κ3) is 5.82. The monoisotopic (exact) mass is 256 g/mol. The molecule has 104 valence electrons. The molecule has 0 heterocycles. The summed E-state index contributed by atoms with van der Waals surface area (Å²) in [5, 5.41) is 2.72. The molecule has 5 heteroatoms. The van der Waals surface area contributed by atoms with E-state index >= 15 is 0 Å². The Balaban J connectivity index is 4.52. The molecule has 0 aliphatic carbocycles. The van der Waals surface area contributed by atoms with E-state index in [0.29, 0.717) is 13.2 Å². The van der Waals surface area contributed by atoms with E-state index in [1.165, 1.54) is 0 Å². The van der Waals surface area contributed by atoms with Crippen molar-refractivity contribution in [3.8, 4) is 0 Å². The topological polar surface area (TPSA) is 58.6 Å². The lowest BCUT2D eigenvalue weighted by Crippen LogP contribution is -2.50. The normalized spacial score (nSPS) is 12.3. The second kappa shape index (κ2) is 8.69. The number of esters is 1. The number of nitrogens with one attached hydrogen (secondary N) is 1. The van der Waals surface area contributed by atoms with E-state index < -0.39 is 0 Å². The standard InChI is InChI=1S/C13H24N2O3/c1-6-8-14-13(17)11(5)15(10(3)4)9-12(16)18-7-2/h6,10-11H,1,7-9H2,2-5H3,(H,14,17). The van der Waals surface area contributed by atoms with E-state index in [1.807, 2.05) is 13.8 Å². The number of hydrogen-bond donors (Lipinski definition) is 1. The van der Waals surface area contributed by atoms with E-state index in [4.69, 9.17) is 4.74 Å². The number of carbonyl (C=O) groups is 2. The maximum atomic E-state index is 11.8. The summed E-state index contributed by atoms with van der Waals surface area (Å²) >= 11 is 0. The van der Waals surface area contributed by atoms with Crippen molar-refractivity contribution >= 4 is 11.9 Å². The van der Waals surface area contributed by atoms with Gasteiger partial charge >= 0.3 is 5.97 Å². The first kappa shape index (κ1) is 16.6. The number of nitrogens with zero attached hydrogens (tertiary/aromatic N) is 1. The number of hydrogen-bond acceptors (Lipinski definition) is 4. The molecule has 0 saturated heterocycles. The van der Waals surface area contributed by atoms with Crippen LogP contribution in [0, 0.1) is 0 Å². The Hall–Kier alpha value is -1.36. The zero-order valence-electron chi connectivity index (χ0n) is 11.7. The van der Waals surface area contributed by atoms with Crippen LogP contribution in [-0.4, -0.2) is 48.6 Å². The summed E-state index contributed by atoms with van der Waals surface area (Å²) in [6.45, 7) is 11.9. The highest BCUT2D eigenvalue weighted by Crippen LogP contribution is 2.06. The molecule has 0 aromatic rings. The fourth-order valence-electron chi connectivity index (χ4n) is 1.59. The Kier molecular flexibility index (Phi) is 8.03. The van der Waals surface area contributed by atoms with E-state index in [2.05, 4.69) is 11.9 Å². The Bertz CT molecular complexity index is 290. The van der Waals surface area contributed by atoms with E-state index in [9.17, 15) is 9.59 Å². The Labute approximate surface area is 109 Å². The smallest absolute Gasteiger partial charge is 0.320 e. The van der Waals surface area contributed by atoms with Gasteiger partial charge in [0.2, 0.25) is 5.91 Å². The minimum Gasteiger partial charge on any atom is -0.465 e. The predicted molar refractivity (Wildman–Crippen MR) is 71.1 cm³/mol. The first-order valence-corrected chi connectivity index (χ1v) is 6.24. The van der Waals surface area contributed by atoms with Crippen molar-refractivity contribution in [1.82, 2.24) is 10.2 Å². The van der Waals surface area contributed by atoms with Gasteiger partial charge in [0.05, 0.1) is 19.2 Å². The van der Waals surface area contributed by atoms with Gasteiger partial charge in [-0.2, -0.15) is 0 Å². The molecular weight excluding hydrogens is 232 g/mol. The molecule has 0 aromatic heterocycles. The molecule has 1 N–H and O–H groups in total. The van der Waals surface area contributed by atoms with Crippen LogP contribution in [0.15, 0.2) is 12.7 Å². The van der Waals surface area contributed by atoms with Crippen molar-refractivity contribution in [3.05, 3.63) is 12.7 Å². The van der Waals surface area contributed by atoms with Crippen LogP contribution < -0.4 is 5.32 Å². The van der Waals surface area contributed by atoms with Gasteiger partial charge in [-0.3, -0.25) is 14.5 Å². The summed E-state index contributed by atoms with van der Waals surface area (Å²) in [7, 11) is 0. The fourth-order valence-corrected chi connectivity index (χ4v) is 1.59. The molecule has 0 fully saturated rings. The molecule has 0 radical (unpaired) electrons. The maximum absolute atomic E-state index is 11.8. The van der Waals surface area contributed by atoms with Crippen LogP contribution >= 0.6 is 0 Å². The lowest BCUT2D eigenvalue weighted by molar-refractivity contribution is -0.146. The van der Waals surface area contributed by atoms with Crippen LogP contribution in [-0.2, 0) is 14.3 Å². The minimum atomic E-state index is -0.380. The van der Waals surface area contributed by atoms with Gasteiger partial charge < -0.3 is 10.1 Å². The van der Waals surface area contributed by atoms with Gasteiger partial charge in [-0.05, 0) is 27.7 Å². The summed E-state index contributed by atoms with van der Waals surface area (Å²) in [4.78, 5) is 25.1. The quantitative estimate of drug-likeness (QED) is 0.519. The van der Waals surface area contributed by atoms with Gasteiger partial charge in [0.15, 0.2) is 0 Å². The highest BCUT2D eigenvalue weighted by atomic mass is 16.5. The van der Waals surface area contributed by atoms with Crippen LogP contribution in [0.4, 0.5) is 0 Å². The molecule has 0 aromatic carbocycles. The number of ether oxygens (including phenoxy) is 1. The zero-order chi connectivity index (χ0) is 14.1. The summed E-state index contributed by atoms with van der Waals surface area (Å²) in [6.07, 6.45) is 1.62. The Morgan fingerprint density at radius 3 is 2.44 bits per heavy atom. The highest BCUT2D eigenvalue weighted by molar-refractivity contribution is 5.82. The van der Waals surface area contributed by atoms with Gasteiger partial charge in [0.25, 0.3) is 0 Å². The molecule has 1 unspecified atom stereocenters. The van der Waals surface area contributed by atoms with Gasteiger partial charge in [0, 0.05) is 12.6 Å². The first-order valence-electron chi connectivity index (χ1n) is 6.24. The van der Waals surface area contributed by atoms with Gasteiger partial charge in [-0.15, -0.1) is 6.58 Å². The van der Waals surface area contributed by atoms with Crippen molar-refractivity contribution in [1.29, 1.82) is 0 Å². The van der Waals surface area contributed by atoms with Gasteiger partial charge in [0.1, 0.15) is 0 Å². The van der Waals surface area contributed by atoms with Crippen LogP contribution in [0.1, 0.15) is 27.7 Å². The molecule has 0 aliphatic heterocycles. The third-order valence-corrected chi connectivity index (χ3v) is 2.58. The van der Waals surface area contributed by atoms with Crippen molar-refractivity contribution in [2.45, 2.75) is 39.8 Å². The summed E-state index contributed by atoms with van der Waals surface area (Å²) in [5.74, 6) is -0.428. The molecule has 0 bridgehead atoms. The van der Waals surface area contributed by atoms with E-state index in [1.54, 1.807) is 24.8 Å². The minimum absolute atomic E-state index is 0.0823. The van der Waals surface area contributed by atoms with Crippen molar-refractivity contribution < 1.29 is 14.3 Å². The van der Waals surface area contributed by atoms with Crippen LogP contribution in [0.5, 0.6) is 0 Å². The summed E-state index contributed by atoms with van der Waals surface area (Å²) in [6, 6.07) is -0.298. The van der Waals surface area contributed by atoms with Gasteiger partial charge in [-0.1, -0.05) is 6.08 Å². The largest absolute Gasteiger partial charge is 0.465 e. The molecule has 1 amide bonds. The molecule has 18 heavy (non-hydrogen) atoms. The predicted octanol–water partition coefficient (Wildman–Crippen LogP) is 0.951. The zero-order valence-corrected chi connectivity index (χ0v) is 11.7. The SMILES string of the molecule is C=CCNC(=O)C(C)N(CC(=O)OCC)C(C)C. The van der Waals surface area contributed by atoms with Crippen molar-refractivity contribution in [3.63, 3.8) is 0 Å². The van der Waals surface area contributed by atoms with Crippen LogP contribution in [0.2, 0.25) is 0 Å². The Morgan fingerprint density at radius 2 is 2.00 bits per heavy atom. The maximum Gasteiger partial charge on any atom is 0.320 e. The number of carbonyl (C=O) groups excluding carboxylic acids is 2. The number of amides is 1. The number of rotatable bonds is 8. The average molecular weight is 256 g/mol. The molecule has 5 nitrogen and oxygen atoms in total. The molecular formula is C13H24N2O3. The highest BCUT2D eigenvalue weighted by Gasteiger charge is 2.25. The second-order valence-corrected chi connectivity index (χ2v) is 4.28.